The van der Waals surface area contributed by atoms with Crippen molar-refractivity contribution in [1.82, 2.24) is 15.6 Å². The fraction of sp³-hybridized carbons (Fsp3) is 0.615. The lowest BCUT2D eigenvalue weighted by atomic mass is 10.1. The number of carbonyl (C=O) groups excluding carboxylic acids is 1. The van der Waals surface area contributed by atoms with Crippen LogP contribution in [-0.2, 0) is 11.3 Å². The number of aliphatic carboxylic acids is 1. The lowest BCUT2D eigenvalue weighted by Crippen LogP contribution is -2.35. The molecule has 0 aliphatic carbocycles. The molecular weight excluding hydrogens is 278 g/mol. The molecule has 0 spiro atoms. The minimum absolute atomic E-state index is 0.191. The summed E-state index contributed by atoms with van der Waals surface area (Å²) >= 11 is 1.57. The van der Waals surface area contributed by atoms with E-state index in [9.17, 15) is 9.59 Å². The summed E-state index contributed by atoms with van der Waals surface area (Å²) in [5, 5.41) is 14.9. The van der Waals surface area contributed by atoms with Gasteiger partial charge in [0.15, 0.2) is 0 Å². The molecule has 3 N–H and O–H groups in total. The summed E-state index contributed by atoms with van der Waals surface area (Å²) in [7, 11) is 0. The number of aromatic nitrogens is 1. The van der Waals surface area contributed by atoms with Crippen molar-refractivity contribution < 1.29 is 14.7 Å². The van der Waals surface area contributed by atoms with Gasteiger partial charge in [-0.1, -0.05) is 12.8 Å². The highest BCUT2D eigenvalue weighted by molar-refractivity contribution is 7.11. The second-order valence-corrected chi connectivity index (χ2v) is 5.85. The molecule has 1 aromatic rings. The first-order valence-electron chi connectivity index (χ1n) is 6.72. The minimum Gasteiger partial charge on any atom is -0.481 e. The molecule has 0 radical (unpaired) electrons. The molecular formula is C13H21N3O3S. The van der Waals surface area contributed by atoms with Gasteiger partial charge in [0.1, 0.15) is 5.01 Å². The number of hydrogen-bond acceptors (Lipinski definition) is 4. The van der Waals surface area contributed by atoms with E-state index in [0.29, 0.717) is 19.5 Å². The molecule has 6 nitrogen and oxygen atoms in total. The Hall–Kier alpha value is -1.63. The third-order valence-corrected chi connectivity index (χ3v) is 3.59. The Morgan fingerprint density at radius 1 is 1.25 bits per heavy atom. The molecule has 0 aliphatic heterocycles. The second kappa shape index (κ2) is 9.30. The summed E-state index contributed by atoms with van der Waals surface area (Å²) in [5.41, 5.74) is 0. The summed E-state index contributed by atoms with van der Waals surface area (Å²) in [5.74, 6) is -0.750. The van der Waals surface area contributed by atoms with Crippen molar-refractivity contribution in [1.29, 1.82) is 0 Å². The molecule has 2 amide bonds. The molecule has 0 fully saturated rings. The van der Waals surface area contributed by atoms with Gasteiger partial charge in [-0.05, 0) is 19.8 Å². The van der Waals surface area contributed by atoms with Crippen molar-refractivity contribution in [3.05, 3.63) is 16.1 Å². The van der Waals surface area contributed by atoms with Crippen LogP contribution in [0.2, 0.25) is 0 Å². The number of amides is 2. The van der Waals surface area contributed by atoms with E-state index in [-0.39, 0.29) is 12.5 Å². The number of nitrogens with one attached hydrogen (secondary N) is 2. The first kappa shape index (κ1) is 16.4. The van der Waals surface area contributed by atoms with Crippen LogP contribution in [0.15, 0.2) is 6.20 Å². The van der Waals surface area contributed by atoms with E-state index in [4.69, 9.17) is 5.11 Å². The zero-order valence-corrected chi connectivity index (χ0v) is 12.5. The standard InChI is InChI=1S/C13H21N3O3S/c1-10-8-15-11(20-10)9-16-13(19)14-7-5-3-2-4-6-12(17)18/h8H,2-7,9H2,1H3,(H,17,18)(H2,14,16,19). The molecule has 0 atom stereocenters. The predicted molar refractivity (Wildman–Crippen MR) is 77.8 cm³/mol. The Morgan fingerprint density at radius 3 is 2.65 bits per heavy atom. The van der Waals surface area contributed by atoms with Gasteiger partial charge in [0.25, 0.3) is 0 Å². The minimum atomic E-state index is -0.750. The van der Waals surface area contributed by atoms with Gasteiger partial charge < -0.3 is 15.7 Å². The Kier molecular flexibility index (Phi) is 7.64. The molecule has 20 heavy (non-hydrogen) atoms. The van der Waals surface area contributed by atoms with Crippen LogP contribution in [0.1, 0.15) is 42.0 Å². The lowest BCUT2D eigenvalue weighted by molar-refractivity contribution is -0.137. The highest BCUT2D eigenvalue weighted by Crippen LogP contribution is 2.10. The molecule has 112 valence electrons. The van der Waals surface area contributed by atoms with E-state index in [0.717, 1.165) is 29.1 Å². The van der Waals surface area contributed by atoms with E-state index in [1.54, 1.807) is 17.5 Å². The number of nitrogens with zero attached hydrogens (tertiary/aromatic N) is 1. The first-order valence-corrected chi connectivity index (χ1v) is 7.54. The summed E-state index contributed by atoms with van der Waals surface area (Å²) in [6.45, 7) is 3.03. The van der Waals surface area contributed by atoms with Crippen LogP contribution in [0.25, 0.3) is 0 Å². The van der Waals surface area contributed by atoms with Crippen molar-refractivity contribution in [3.63, 3.8) is 0 Å². The van der Waals surface area contributed by atoms with Gasteiger partial charge in [0.05, 0.1) is 6.54 Å². The van der Waals surface area contributed by atoms with Gasteiger partial charge in [-0.25, -0.2) is 9.78 Å². The second-order valence-electron chi connectivity index (χ2n) is 4.53. The van der Waals surface area contributed by atoms with Crippen LogP contribution >= 0.6 is 11.3 Å². The van der Waals surface area contributed by atoms with Crippen LogP contribution < -0.4 is 10.6 Å². The van der Waals surface area contributed by atoms with Crippen LogP contribution in [0.4, 0.5) is 4.79 Å². The first-order chi connectivity index (χ1) is 9.58. The topological polar surface area (TPSA) is 91.3 Å². The molecule has 1 rings (SSSR count). The number of rotatable bonds is 9. The van der Waals surface area contributed by atoms with E-state index >= 15 is 0 Å². The lowest BCUT2D eigenvalue weighted by Gasteiger charge is -2.06. The number of unbranched alkanes of at least 4 members (excludes halogenated alkanes) is 3. The van der Waals surface area contributed by atoms with E-state index in [1.165, 1.54) is 0 Å². The number of carboxylic acid groups (broad SMARTS) is 1. The van der Waals surface area contributed by atoms with Crippen LogP contribution in [0.3, 0.4) is 0 Å². The van der Waals surface area contributed by atoms with Gasteiger partial charge in [-0.15, -0.1) is 11.3 Å². The van der Waals surface area contributed by atoms with E-state index < -0.39 is 5.97 Å². The number of hydrogen-bond donors (Lipinski definition) is 3. The molecule has 0 saturated carbocycles. The molecule has 7 heteroatoms. The smallest absolute Gasteiger partial charge is 0.315 e. The molecule has 1 heterocycles. The summed E-state index contributed by atoms with van der Waals surface area (Å²) in [6.07, 6.45) is 5.39. The number of aryl methyl sites for hydroxylation is 1. The molecule has 1 aromatic heterocycles. The summed E-state index contributed by atoms with van der Waals surface area (Å²) < 4.78 is 0. The van der Waals surface area contributed by atoms with Crippen molar-refractivity contribution in [2.45, 2.75) is 45.6 Å². The quantitative estimate of drug-likeness (QED) is 0.610. The molecule has 0 saturated heterocycles. The number of carbonyl (C=O) groups is 2. The molecule has 0 bridgehead atoms. The number of carboxylic acids is 1. The normalized spacial score (nSPS) is 10.2. The highest BCUT2D eigenvalue weighted by atomic mass is 32.1. The van der Waals surface area contributed by atoms with Crippen molar-refractivity contribution >= 4 is 23.3 Å². The zero-order valence-electron chi connectivity index (χ0n) is 11.6. The van der Waals surface area contributed by atoms with Crippen LogP contribution in [0, 0.1) is 6.92 Å². The van der Waals surface area contributed by atoms with Crippen molar-refractivity contribution in [3.8, 4) is 0 Å². The number of thiazole rings is 1. The summed E-state index contributed by atoms with van der Waals surface area (Å²) in [4.78, 5) is 27.1. The Labute approximate surface area is 122 Å². The average molecular weight is 299 g/mol. The SMILES string of the molecule is Cc1cnc(CNC(=O)NCCCCCCC(=O)O)s1. The molecule has 0 unspecified atom stereocenters. The maximum Gasteiger partial charge on any atom is 0.315 e. The maximum absolute atomic E-state index is 11.5. The Balaban J connectivity index is 1.96. The van der Waals surface area contributed by atoms with Crippen LogP contribution in [0.5, 0.6) is 0 Å². The Morgan fingerprint density at radius 2 is 2.00 bits per heavy atom. The monoisotopic (exact) mass is 299 g/mol. The highest BCUT2D eigenvalue weighted by Gasteiger charge is 2.02. The Bertz CT molecular complexity index is 434. The van der Waals surface area contributed by atoms with E-state index in [1.807, 2.05) is 6.92 Å². The van der Waals surface area contributed by atoms with Gasteiger partial charge in [-0.3, -0.25) is 4.79 Å². The van der Waals surface area contributed by atoms with Crippen LogP contribution in [-0.4, -0.2) is 28.6 Å². The maximum atomic E-state index is 11.5. The van der Waals surface area contributed by atoms with Crippen molar-refractivity contribution in [2.24, 2.45) is 0 Å². The van der Waals surface area contributed by atoms with Gasteiger partial charge in [0, 0.05) is 24.0 Å². The molecule has 0 aromatic carbocycles. The average Bonchev–Trinajstić information content (AvgIpc) is 2.81. The summed E-state index contributed by atoms with van der Waals surface area (Å²) in [6, 6.07) is -0.191. The van der Waals surface area contributed by atoms with Gasteiger partial charge in [0.2, 0.25) is 0 Å². The zero-order chi connectivity index (χ0) is 14.8. The number of urea groups is 1. The fourth-order valence-corrected chi connectivity index (χ4v) is 2.39. The van der Waals surface area contributed by atoms with Gasteiger partial charge in [-0.2, -0.15) is 0 Å². The third kappa shape index (κ3) is 7.73. The largest absolute Gasteiger partial charge is 0.481 e. The predicted octanol–water partition coefficient (Wildman–Crippen LogP) is 2.29. The van der Waals surface area contributed by atoms with Crippen molar-refractivity contribution in [2.75, 3.05) is 6.54 Å². The van der Waals surface area contributed by atoms with Gasteiger partial charge >= 0.3 is 12.0 Å². The van der Waals surface area contributed by atoms with E-state index in [2.05, 4.69) is 15.6 Å². The third-order valence-electron chi connectivity index (χ3n) is 2.67. The molecule has 0 aliphatic rings. The fourth-order valence-electron chi connectivity index (χ4n) is 1.66.